The lowest BCUT2D eigenvalue weighted by Crippen LogP contribution is -2.53. The SMILES string of the molecule is COC1CC(NC(=O)NC2CCCC(C(=O)O)C2)C1. The average molecular weight is 270 g/mol. The molecule has 2 aliphatic carbocycles. The summed E-state index contributed by atoms with van der Waals surface area (Å²) in [5.41, 5.74) is 0. The van der Waals surface area contributed by atoms with Crippen LogP contribution in [0.15, 0.2) is 0 Å². The number of amides is 2. The largest absolute Gasteiger partial charge is 0.481 e. The van der Waals surface area contributed by atoms with E-state index in [-0.39, 0.29) is 30.1 Å². The monoisotopic (exact) mass is 270 g/mol. The van der Waals surface area contributed by atoms with E-state index in [1.807, 2.05) is 0 Å². The standard InChI is InChI=1S/C13H22N2O4/c1-19-11-6-10(7-11)15-13(18)14-9-4-2-3-8(5-9)12(16)17/h8-11H,2-7H2,1H3,(H,16,17)(H2,14,15,18). The van der Waals surface area contributed by atoms with Crippen LogP contribution < -0.4 is 10.6 Å². The molecule has 0 bridgehead atoms. The van der Waals surface area contributed by atoms with Crippen LogP contribution >= 0.6 is 0 Å². The molecule has 0 aromatic carbocycles. The number of urea groups is 1. The number of ether oxygens (including phenoxy) is 1. The highest BCUT2D eigenvalue weighted by atomic mass is 16.5. The van der Waals surface area contributed by atoms with Gasteiger partial charge >= 0.3 is 12.0 Å². The Bertz CT molecular complexity index is 342. The smallest absolute Gasteiger partial charge is 0.315 e. The first-order chi connectivity index (χ1) is 9.08. The Morgan fingerprint density at radius 3 is 2.42 bits per heavy atom. The Balaban J connectivity index is 1.69. The molecule has 6 nitrogen and oxygen atoms in total. The van der Waals surface area contributed by atoms with E-state index in [2.05, 4.69) is 10.6 Å². The van der Waals surface area contributed by atoms with Crippen LogP contribution in [0.25, 0.3) is 0 Å². The molecule has 2 rings (SSSR count). The molecule has 2 saturated carbocycles. The zero-order valence-electron chi connectivity index (χ0n) is 11.2. The lowest BCUT2D eigenvalue weighted by Gasteiger charge is -2.35. The lowest BCUT2D eigenvalue weighted by atomic mass is 9.86. The van der Waals surface area contributed by atoms with Gasteiger partial charge in [0.25, 0.3) is 0 Å². The van der Waals surface area contributed by atoms with Gasteiger partial charge in [-0.2, -0.15) is 0 Å². The number of carboxylic acid groups (broad SMARTS) is 1. The molecule has 2 aliphatic rings. The number of hydrogen-bond acceptors (Lipinski definition) is 3. The highest BCUT2D eigenvalue weighted by Gasteiger charge is 2.32. The normalized spacial score (nSPS) is 34.2. The van der Waals surface area contributed by atoms with E-state index in [0.717, 1.165) is 25.7 Å². The van der Waals surface area contributed by atoms with Gasteiger partial charge in [0.1, 0.15) is 0 Å². The van der Waals surface area contributed by atoms with Crippen LogP contribution in [0.3, 0.4) is 0 Å². The fraction of sp³-hybridized carbons (Fsp3) is 0.846. The first-order valence-corrected chi connectivity index (χ1v) is 6.91. The molecule has 2 amide bonds. The van der Waals surface area contributed by atoms with Crippen molar-refractivity contribution in [1.82, 2.24) is 10.6 Å². The van der Waals surface area contributed by atoms with Gasteiger partial charge in [-0.05, 0) is 32.1 Å². The lowest BCUT2D eigenvalue weighted by molar-refractivity contribution is -0.143. The maximum absolute atomic E-state index is 11.8. The first-order valence-electron chi connectivity index (χ1n) is 6.91. The fourth-order valence-corrected chi connectivity index (χ4v) is 2.83. The first kappa shape index (κ1) is 14.1. The van der Waals surface area contributed by atoms with Crippen LogP contribution in [0, 0.1) is 5.92 Å². The van der Waals surface area contributed by atoms with Crippen molar-refractivity contribution in [1.29, 1.82) is 0 Å². The molecule has 0 heterocycles. The highest BCUT2D eigenvalue weighted by molar-refractivity contribution is 5.75. The molecule has 0 radical (unpaired) electrons. The van der Waals surface area contributed by atoms with Crippen LogP contribution in [0.2, 0.25) is 0 Å². The van der Waals surface area contributed by atoms with E-state index < -0.39 is 5.97 Å². The molecule has 0 aromatic rings. The Kier molecular flexibility index (Phi) is 4.63. The van der Waals surface area contributed by atoms with Crippen molar-refractivity contribution in [3.8, 4) is 0 Å². The van der Waals surface area contributed by atoms with Crippen molar-refractivity contribution in [3.63, 3.8) is 0 Å². The van der Waals surface area contributed by atoms with Gasteiger partial charge in [0.15, 0.2) is 0 Å². The van der Waals surface area contributed by atoms with E-state index >= 15 is 0 Å². The van der Waals surface area contributed by atoms with Crippen LogP contribution in [0.1, 0.15) is 38.5 Å². The average Bonchev–Trinajstić information content (AvgIpc) is 2.33. The van der Waals surface area contributed by atoms with Crippen LogP contribution in [0.5, 0.6) is 0 Å². The molecule has 2 fully saturated rings. The predicted octanol–water partition coefficient (Wildman–Crippen LogP) is 1.11. The molecule has 108 valence electrons. The second kappa shape index (κ2) is 6.23. The summed E-state index contributed by atoms with van der Waals surface area (Å²) in [5.74, 6) is -1.07. The minimum atomic E-state index is -0.756. The summed E-state index contributed by atoms with van der Waals surface area (Å²) in [6.07, 6.45) is 4.94. The van der Waals surface area contributed by atoms with Crippen LogP contribution in [0.4, 0.5) is 4.79 Å². The molecular formula is C13H22N2O4. The quantitative estimate of drug-likeness (QED) is 0.714. The van der Waals surface area contributed by atoms with Crippen molar-refractivity contribution >= 4 is 12.0 Å². The molecule has 2 unspecified atom stereocenters. The van der Waals surface area contributed by atoms with E-state index in [9.17, 15) is 9.59 Å². The Morgan fingerprint density at radius 2 is 1.79 bits per heavy atom. The van der Waals surface area contributed by atoms with E-state index in [4.69, 9.17) is 9.84 Å². The van der Waals surface area contributed by atoms with Gasteiger partial charge in [-0.1, -0.05) is 6.42 Å². The molecule has 0 spiro atoms. The summed E-state index contributed by atoms with van der Waals surface area (Å²) < 4.78 is 5.15. The van der Waals surface area contributed by atoms with Gasteiger partial charge in [-0.25, -0.2) is 4.79 Å². The van der Waals surface area contributed by atoms with Crippen molar-refractivity contribution in [2.45, 2.75) is 56.7 Å². The minimum absolute atomic E-state index is 0.0202. The molecule has 0 aromatic heterocycles. The third kappa shape index (κ3) is 3.83. The Hall–Kier alpha value is -1.30. The number of nitrogens with one attached hydrogen (secondary N) is 2. The maximum atomic E-state index is 11.8. The van der Waals surface area contributed by atoms with Gasteiger partial charge in [0.2, 0.25) is 0 Å². The summed E-state index contributed by atoms with van der Waals surface area (Å²) in [5, 5.41) is 14.8. The van der Waals surface area contributed by atoms with Gasteiger partial charge in [0.05, 0.1) is 12.0 Å². The Labute approximate surface area is 112 Å². The summed E-state index contributed by atoms with van der Waals surface area (Å²) >= 11 is 0. The molecule has 6 heteroatoms. The van der Waals surface area contributed by atoms with Crippen molar-refractivity contribution in [2.24, 2.45) is 5.92 Å². The summed E-state index contributed by atoms with van der Waals surface area (Å²) in [7, 11) is 1.68. The van der Waals surface area contributed by atoms with Crippen LogP contribution in [-0.4, -0.2) is 42.4 Å². The molecule has 2 atom stereocenters. The molecule has 0 aliphatic heterocycles. The summed E-state index contributed by atoms with van der Waals surface area (Å²) in [6, 6.07) is -0.0208. The zero-order chi connectivity index (χ0) is 13.8. The second-order valence-electron chi connectivity index (χ2n) is 5.54. The van der Waals surface area contributed by atoms with Gasteiger partial charge in [-0.15, -0.1) is 0 Å². The van der Waals surface area contributed by atoms with Crippen molar-refractivity contribution < 1.29 is 19.4 Å². The summed E-state index contributed by atoms with van der Waals surface area (Å²) in [6.45, 7) is 0. The third-order valence-electron chi connectivity index (χ3n) is 4.12. The maximum Gasteiger partial charge on any atom is 0.315 e. The predicted molar refractivity (Wildman–Crippen MR) is 68.9 cm³/mol. The number of methoxy groups -OCH3 is 1. The van der Waals surface area contributed by atoms with E-state index in [1.54, 1.807) is 7.11 Å². The zero-order valence-corrected chi connectivity index (χ0v) is 11.2. The van der Waals surface area contributed by atoms with Gasteiger partial charge in [-0.3, -0.25) is 4.79 Å². The number of rotatable bonds is 4. The van der Waals surface area contributed by atoms with Crippen molar-refractivity contribution in [3.05, 3.63) is 0 Å². The second-order valence-corrected chi connectivity index (χ2v) is 5.54. The molecule has 0 saturated heterocycles. The molecular weight excluding hydrogens is 248 g/mol. The molecule has 3 N–H and O–H groups in total. The number of hydrogen-bond donors (Lipinski definition) is 3. The van der Waals surface area contributed by atoms with Gasteiger partial charge < -0.3 is 20.5 Å². The van der Waals surface area contributed by atoms with Crippen LogP contribution in [-0.2, 0) is 9.53 Å². The topological polar surface area (TPSA) is 87.7 Å². The van der Waals surface area contributed by atoms with E-state index in [1.165, 1.54) is 0 Å². The summed E-state index contributed by atoms with van der Waals surface area (Å²) in [4.78, 5) is 22.7. The number of aliphatic carboxylic acids is 1. The Morgan fingerprint density at radius 1 is 1.11 bits per heavy atom. The van der Waals surface area contributed by atoms with E-state index in [0.29, 0.717) is 12.8 Å². The minimum Gasteiger partial charge on any atom is -0.481 e. The fourth-order valence-electron chi connectivity index (χ4n) is 2.83. The van der Waals surface area contributed by atoms with Crippen molar-refractivity contribution in [2.75, 3.05) is 7.11 Å². The number of carboxylic acids is 1. The number of carbonyl (C=O) groups excluding carboxylic acids is 1. The molecule has 19 heavy (non-hydrogen) atoms. The highest BCUT2D eigenvalue weighted by Crippen LogP contribution is 2.25. The third-order valence-corrected chi connectivity index (χ3v) is 4.12. The van der Waals surface area contributed by atoms with Gasteiger partial charge in [0, 0.05) is 19.2 Å². The number of carbonyl (C=O) groups is 2.